The summed E-state index contributed by atoms with van der Waals surface area (Å²) >= 11 is 0. The van der Waals surface area contributed by atoms with Crippen molar-refractivity contribution < 1.29 is 5.11 Å². The zero-order valence-corrected chi connectivity index (χ0v) is 13.4. The molecule has 0 saturated carbocycles. The summed E-state index contributed by atoms with van der Waals surface area (Å²) in [4.78, 5) is 4.21. The monoisotopic (exact) mass is 276 g/mol. The molecule has 3 heteroatoms. The Kier molecular flexibility index (Phi) is 5.35. The van der Waals surface area contributed by atoms with Crippen LogP contribution in [0.3, 0.4) is 0 Å². The smallest absolute Gasteiger partial charge is 0.124 e. The Morgan fingerprint density at radius 2 is 1.85 bits per heavy atom. The molecule has 112 valence electrons. The van der Waals surface area contributed by atoms with Crippen molar-refractivity contribution in [2.75, 3.05) is 13.1 Å². The maximum absolute atomic E-state index is 9.91. The molecular weight excluding hydrogens is 248 g/mol. The average Bonchev–Trinajstić information content (AvgIpc) is 2.28. The van der Waals surface area contributed by atoms with Crippen LogP contribution in [0.1, 0.15) is 52.2 Å². The number of phenols is 1. The van der Waals surface area contributed by atoms with Crippen LogP contribution in [-0.4, -0.2) is 24.4 Å². The van der Waals surface area contributed by atoms with Gasteiger partial charge in [-0.1, -0.05) is 40.7 Å². The van der Waals surface area contributed by atoms with Gasteiger partial charge in [-0.2, -0.15) is 0 Å². The largest absolute Gasteiger partial charge is 0.507 e. The molecule has 0 spiro atoms. The van der Waals surface area contributed by atoms with Crippen molar-refractivity contribution in [1.82, 2.24) is 0 Å². The summed E-state index contributed by atoms with van der Waals surface area (Å²) in [6.45, 7) is 12.3. The van der Waals surface area contributed by atoms with Crippen LogP contribution in [0.4, 0.5) is 0 Å². The van der Waals surface area contributed by atoms with Crippen LogP contribution in [0.5, 0.6) is 5.75 Å². The molecule has 20 heavy (non-hydrogen) atoms. The first-order chi connectivity index (χ1) is 9.15. The van der Waals surface area contributed by atoms with Crippen LogP contribution < -0.4 is 5.73 Å². The van der Waals surface area contributed by atoms with Gasteiger partial charge in [-0.15, -0.1) is 0 Å². The zero-order valence-electron chi connectivity index (χ0n) is 13.4. The Morgan fingerprint density at radius 1 is 1.20 bits per heavy atom. The summed E-state index contributed by atoms with van der Waals surface area (Å²) in [5.74, 6) is 0.265. The Morgan fingerprint density at radius 3 is 2.40 bits per heavy atom. The van der Waals surface area contributed by atoms with Gasteiger partial charge in [-0.3, -0.25) is 4.99 Å². The molecule has 3 N–H and O–H groups in total. The van der Waals surface area contributed by atoms with Crippen molar-refractivity contribution >= 4 is 6.21 Å². The van der Waals surface area contributed by atoms with Crippen LogP contribution >= 0.6 is 0 Å². The standard InChI is InChI=1S/C17H28N2O/c1-16(2,3)12-17(4,5)14-6-7-15(20)13(10-14)11-19-9-8-18/h6-7,10-11,20H,8-9,12,18H2,1-5H3. The third kappa shape index (κ3) is 4.97. The predicted octanol–water partition coefficient (Wildman–Crippen LogP) is 3.48. The van der Waals surface area contributed by atoms with E-state index in [1.165, 1.54) is 5.56 Å². The Labute approximate surface area is 122 Å². The molecule has 0 unspecified atom stereocenters. The van der Waals surface area contributed by atoms with E-state index in [1.807, 2.05) is 12.1 Å². The molecule has 3 nitrogen and oxygen atoms in total. The second-order valence-electron chi connectivity index (χ2n) is 7.22. The number of rotatable bonds is 5. The molecule has 0 saturated heterocycles. The average molecular weight is 276 g/mol. The maximum atomic E-state index is 9.91. The predicted molar refractivity (Wildman–Crippen MR) is 86.7 cm³/mol. The van der Waals surface area contributed by atoms with Gasteiger partial charge in [-0.05, 0) is 34.9 Å². The highest BCUT2D eigenvalue weighted by molar-refractivity contribution is 5.83. The number of nitrogens with zero attached hydrogens (tertiary/aromatic N) is 1. The zero-order chi connectivity index (χ0) is 15.4. The van der Waals surface area contributed by atoms with E-state index in [0.717, 1.165) is 12.0 Å². The van der Waals surface area contributed by atoms with Crippen LogP contribution in [0.25, 0.3) is 0 Å². The topological polar surface area (TPSA) is 58.6 Å². The lowest BCUT2D eigenvalue weighted by atomic mass is 9.72. The molecule has 0 heterocycles. The van der Waals surface area contributed by atoms with E-state index < -0.39 is 0 Å². The first-order valence-electron chi connectivity index (χ1n) is 7.19. The van der Waals surface area contributed by atoms with E-state index in [-0.39, 0.29) is 16.6 Å². The number of hydrogen-bond acceptors (Lipinski definition) is 3. The third-order valence-electron chi connectivity index (χ3n) is 3.27. The molecule has 0 amide bonds. The number of aliphatic imine (C=N–C) groups is 1. The van der Waals surface area contributed by atoms with Gasteiger partial charge in [0.05, 0.1) is 6.54 Å². The van der Waals surface area contributed by atoms with E-state index in [4.69, 9.17) is 5.73 Å². The molecule has 0 aromatic heterocycles. The quantitative estimate of drug-likeness (QED) is 0.809. The van der Waals surface area contributed by atoms with E-state index in [0.29, 0.717) is 13.1 Å². The molecule has 0 radical (unpaired) electrons. The van der Waals surface area contributed by atoms with Gasteiger partial charge in [0.1, 0.15) is 5.75 Å². The van der Waals surface area contributed by atoms with Crippen molar-refractivity contribution in [3.05, 3.63) is 29.3 Å². The molecule has 0 atom stereocenters. The lowest BCUT2D eigenvalue weighted by molar-refractivity contribution is 0.284. The molecule has 0 fully saturated rings. The second-order valence-corrected chi connectivity index (χ2v) is 7.22. The van der Waals surface area contributed by atoms with Gasteiger partial charge in [0.25, 0.3) is 0 Å². The SMILES string of the molecule is CC(C)(C)CC(C)(C)c1ccc(O)c(C=NCCN)c1. The summed E-state index contributed by atoms with van der Waals surface area (Å²) in [6, 6.07) is 5.78. The number of nitrogens with two attached hydrogens (primary N) is 1. The third-order valence-corrected chi connectivity index (χ3v) is 3.27. The van der Waals surface area contributed by atoms with Crippen molar-refractivity contribution in [2.45, 2.75) is 46.5 Å². The van der Waals surface area contributed by atoms with Crippen LogP contribution in [-0.2, 0) is 5.41 Å². The van der Waals surface area contributed by atoms with Crippen molar-refractivity contribution in [3.63, 3.8) is 0 Å². The molecule has 1 aromatic rings. The maximum Gasteiger partial charge on any atom is 0.124 e. The fraction of sp³-hybridized carbons (Fsp3) is 0.588. The highest BCUT2D eigenvalue weighted by atomic mass is 16.3. The van der Waals surface area contributed by atoms with Gasteiger partial charge >= 0.3 is 0 Å². The Hall–Kier alpha value is -1.35. The number of aromatic hydroxyl groups is 1. The molecule has 0 bridgehead atoms. The summed E-state index contributed by atoms with van der Waals surface area (Å²) in [7, 11) is 0. The number of hydrogen-bond donors (Lipinski definition) is 2. The van der Waals surface area contributed by atoms with E-state index >= 15 is 0 Å². The lowest BCUT2D eigenvalue weighted by Gasteiger charge is -2.33. The molecule has 0 aliphatic heterocycles. The minimum Gasteiger partial charge on any atom is -0.507 e. The fourth-order valence-electron chi connectivity index (χ4n) is 2.74. The second kappa shape index (κ2) is 6.40. The first kappa shape index (κ1) is 16.7. The number of benzene rings is 1. The highest BCUT2D eigenvalue weighted by Crippen LogP contribution is 2.37. The van der Waals surface area contributed by atoms with Crippen LogP contribution in [0, 0.1) is 5.41 Å². The van der Waals surface area contributed by atoms with E-state index in [2.05, 4.69) is 39.6 Å². The van der Waals surface area contributed by atoms with Crippen molar-refractivity contribution in [3.8, 4) is 5.75 Å². The first-order valence-corrected chi connectivity index (χ1v) is 7.19. The lowest BCUT2D eigenvalue weighted by Crippen LogP contribution is -2.24. The Balaban J connectivity index is 3.05. The minimum atomic E-state index is 0.0579. The van der Waals surface area contributed by atoms with Gasteiger partial charge < -0.3 is 10.8 Å². The molecular formula is C17H28N2O. The normalized spacial score (nSPS) is 13.1. The van der Waals surface area contributed by atoms with Crippen LogP contribution in [0.2, 0.25) is 0 Å². The number of phenolic OH excluding ortho intramolecular Hbond substituents is 1. The fourth-order valence-corrected chi connectivity index (χ4v) is 2.74. The molecule has 1 rings (SSSR count). The van der Waals surface area contributed by atoms with Gasteiger partial charge in [0.15, 0.2) is 0 Å². The summed E-state index contributed by atoms with van der Waals surface area (Å²) in [6.07, 6.45) is 2.78. The molecule has 1 aromatic carbocycles. The minimum absolute atomic E-state index is 0.0579. The van der Waals surface area contributed by atoms with Crippen molar-refractivity contribution in [1.29, 1.82) is 0 Å². The van der Waals surface area contributed by atoms with Crippen LogP contribution in [0.15, 0.2) is 23.2 Å². The summed E-state index contributed by atoms with van der Waals surface area (Å²) < 4.78 is 0. The summed E-state index contributed by atoms with van der Waals surface area (Å²) in [5, 5.41) is 9.91. The van der Waals surface area contributed by atoms with Crippen molar-refractivity contribution in [2.24, 2.45) is 16.1 Å². The van der Waals surface area contributed by atoms with E-state index in [1.54, 1.807) is 12.3 Å². The highest BCUT2D eigenvalue weighted by Gasteiger charge is 2.27. The molecule has 0 aliphatic carbocycles. The van der Waals surface area contributed by atoms with Gasteiger partial charge in [0.2, 0.25) is 0 Å². The molecule has 0 aliphatic rings. The Bertz CT molecular complexity index is 470. The van der Waals surface area contributed by atoms with Gasteiger partial charge in [-0.25, -0.2) is 0 Å². The van der Waals surface area contributed by atoms with E-state index in [9.17, 15) is 5.11 Å². The summed E-state index contributed by atoms with van der Waals surface area (Å²) in [5.41, 5.74) is 7.72. The van der Waals surface area contributed by atoms with Gasteiger partial charge in [0, 0.05) is 18.3 Å².